The molecule has 0 radical (unpaired) electrons. The summed E-state index contributed by atoms with van der Waals surface area (Å²) in [5.74, 6) is -0.782. The van der Waals surface area contributed by atoms with Gasteiger partial charge in [0.1, 0.15) is 0 Å². The second-order valence-corrected chi connectivity index (χ2v) is 5.92. The van der Waals surface area contributed by atoms with Crippen molar-refractivity contribution >= 4 is 5.97 Å². The highest BCUT2D eigenvalue weighted by Crippen LogP contribution is 2.31. The van der Waals surface area contributed by atoms with E-state index in [9.17, 15) is 4.79 Å². The molecule has 0 bridgehead atoms. The minimum absolute atomic E-state index is 0.155. The standard InChI is InChI=1S/C12H23NO2/c1-12(2,3)8-13(4)10-7-5-6-9(10)11(14)15/h9-10H,5-8H2,1-4H3,(H,14,15). The number of aliphatic carboxylic acids is 1. The summed E-state index contributed by atoms with van der Waals surface area (Å²) in [6, 6.07) is 0.238. The van der Waals surface area contributed by atoms with Gasteiger partial charge in [-0.25, -0.2) is 0 Å². The minimum atomic E-state index is -0.627. The molecule has 2 unspecified atom stereocenters. The summed E-state index contributed by atoms with van der Waals surface area (Å²) in [4.78, 5) is 13.3. The maximum Gasteiger partial charge on any atom is 0.308 e. The van der Waals surface area contributed by atoms with Crippen molar-refractivity contribution in [3.8, 4) is 0 Å². The van der Waals surface area contributed by atoms with Gasteiger partial charge in [-0.2, -0.15) is 0 Å². The molecule has 15 heavy (non-hydrogen) atoms. The van der Waals surface area contributed by atoms with Gasteiger partial charge in [0.15, 0.2) is 0 Å². The van der Waals surface area contributed by atoms with Gasteiger partial charge in [0, 0.05) is 12.6 Å². The van der Waals surface area contributed by atoms with E-state index in [1.807, 2.05) is 0 Å². The predicted octanol–water partition coefficient (Wildman–Crippen LogP) is 2.22. The summed E-state index contributed by atoms with van der Waals surface area (Å²) in [7, 11) is 2.05. The SMILES string of the molecule is CN(CC(C)(C)C)C1CCCC1C(=O)O. The Morgan fingerprint density at radius 1 is 1.40 bits per heavy atom. The van der Waals surface area contributed by atoms with Crippen LogP contribution in [0.25, 0.3) is 0 Å². The maximum absolute atomic E-state index is 11.1. The lowest BCUT2D eigenvalue weighted by Gasteiger charge is -2.33. The van der Waals surface area contributed by atoms with Gasteiger partial charge in [-0.05, 0) is 25.3 Å². The number of carboxylic acid groups (broad SMARTS) is 1. The predicted molar refractivity (Wildman–Crippen MR) is 60.8 cm³/mol. The lowest BCUT2D eigenvalue weighted by Crippen LogP contribution is -2.42. The third-order valence-electron chi connectivity index (χ3n) is 3.09. The zero-order chi connectivity index (χ0) is 11.6. The van der Waals surface area contributed by atoms with Gasteiger partial charge < -0.3 is 10.0 Å². The molecular weight excluding hydrogens is 190 g/mol. The monoisotopic (exact) mass is 213 g/mol. The summed E-state index contributed by atoms with van der Waals surface area (Å²) >= 11 is 0. The van der Waals surface area contributed by atoms with Crippen LogP contribution in [0.5, 0.6) is 0 Å². The van der Waals surface area contributed by atoms with Gasteiger partial charge in [-0.3, -0.25) is 4.79 Å². The van der Waals surface area contributed by atoms with E-state index in [1.165, 1.54) is 0 Å². The Morgan fingerprint density at radius 3 is 2.47 bits per heavy atom. The third-order valence-corrected chi connectivity index (χ3v) is 3.09. The van der Waals surface area contributed by atoms with Crippen LogP contribution in [0.4, 0.5) is 0 Å². The first-order valence-electron chi connectivity index (χ1n) is 5.74. The fourth-order valence-electron chi connectivity index (χ4n) is 2.62. The highest BCUT2D eigenvalue weighted by molar-refractivity contribution is 5.71. The average Bonchev–Trinajstić information content (AvgIpc) is 2.47. The minimum Gasteiger partial charge on any atom is -0.481 e. The maximum atomic E-state index is 11.1. The molecule has 1 aliphatic carbocycles. The fraction of sp³-hybridized carbons (Fsp3) is 0.917. The molecule has 1 aliphatic rings. The van der Waals surface area contributed by atoms with Crippen molar-refractivity contribution in [2.45, 2.75) is 46.1 Å². The highest BCUT2D eigenvalue weighted by Gasteiger charge is 2.36. The van der Waals surface area contributed by atoms with E-state index in [-0.39, 0.29) is 17.4 Å². The zero-order valence-electron chi connectivity index (χ0n) is 10.3. The van der Waals surface area contributed by atoms with Crippen LogP contribution in [0.15, 0.2) is 0 Å². The quantitative estimate of drug-likeness (QED) is 0.781. The Balaban J connectivity index is 2.58. The van der Waals surface area contributed by atoms with Crippen LogP contribution < -0.4 is 0 Å². The van der Waals surface area contributed by atoms with E-state index in [2.05, 4.69) is 32.7 Å². The molecule has 1 rings (SSSR count). The molecular formula is C12H23NO2. The van der Waals surface area contributed by atoms with E-state index < -0.39 is 5.97 Å². The average molecular weight is 213 g/mol. The Bertz CT molecular complexity index is 232. The second-order valence-electron chi connectivity index (χ2n) is 5.92. The van der Waals surface area contributed by atoms with Crippen LogP contribution in [0.1, 0.15) is 40.0 Å². The summed E-state index contributed by atoms with van der Waals surface area (Å²) in [6.45, 7) is 7.53. The summed E-state index contributed by atoms with van der Waals surface area (Å²) in [5, 5.41) is 9.10. The van der Waals surface area contributed by atoms with E-state index in [0.717, 1.165) is 25.8 Å². The molecule has 1 saturated carbocycles. The molecule has 0 aromatic heterocycles. The number of nitrogens with zero attached hydrogens (tertiary/aromatic N) is 1. The van der Waals surface area contributed by atoms with Crippen molar-refractivity contribution < 1.29 is 9.90 Å². The second kappa shape index (κ2) is 4.52. The highest BCUT2D eigenvalue weighted by atomic mass is 16.4. The van der Waals surface area contributed by atoms with Crippen LogP contribution in [-0.4, -0.2) is 35.6 Å². The van der Waals surface area contributed by atoms with Crippen molar-refractivity contribution in [1.82, 2.24) is 4.90 Å². The van der Waals surface area contributed by atoms with E-state index >= 15 is 0 Å². The van der Waals surface area contributed by atoms with E-state index in [0.29, 0.717) is 0 Å². The molecule has 0 spiro atoms. The molecule has 1 N–H and O–H groups in total. The van der Waals surface area contributed by atoms with Crippen LogP contribution in [0.2, 0.25) is 0 Å². The first kappa shape index (κ1) is 12.5. The molecule has 0 amide bonds. The van der Waals surface area contributed by atoms with Crippen LogP contribution >= 0.6 is 0 Å². The Morgan fingerprint density at radius 2 is 2.00 bits per heavy atom. The molecule has 0 heterocycles. The van der Waals surface area contributed by atoms with Gasteiger partial charge in [0.25, 0.3) is 0 Å². The topological polar surface area (TPSA) is 40.5 Å². The van der Waals surface area contributed by atoms with E-state index in [1.54, 1.807) is 0 Å². The first-order valence-corrected chi connectivity index (χ1v) is 5.74. The number of hydrogen-bond acceptors (Lipinski definition) is 2. The van der Waals surface area contributed by atoms with Gasteiger partial charge in [-0.15, -0.1) is 0 Å². The molecule has 0 aliphatic heterocycles. The van der Waals surface area contributed by atoms with Crippen molar-refractivity contribution in [3.63, 3.8) is 0 Å². The van der Waals surface area contributed by atoms with Gasteiger partial charge in [0.05, 0.1) is 5.92 Å². The zero-order valence-corrected chi connectivity index (χ0v) is 10.3. The van der Waals surface area contributed by atoms with Crippen LogP contribution in [-0.2, 0) is 4.79 Å². The normalized spacial score (nSPS) is 27.3. The van der Waals surface area contributed by atoms with Crippen molar-refractivity contribution in [2.75, 3.05) is 13.6 Å². The molecule has 0 aromatic rings. The largest absolute Gasteiger partial charge is 0.481 e. The van der Waals surface area contributed by atoms with Gasteiger partial charge >= 0.3 is 5.97 Å². The Hall–Kier alpha value is -0.570. The third kappa shape index (κ3) is 3.49. The molecule has 0 aromatic carbocycles. The lowest BCUT2D eigenvalue weighted by molar-refractivity contribution is -0.143. The lowest BCUT2D eigenvalue weighted by atomic mass is 9.94. The Labute approximate surface area is 92.5 Å². The molecule has 1 fully saturated rings. The first-order chi connectivity index (χ1) is 6.81. The summed E-state index contributed by atoms with van der Waals surface area (Å²) in [5.41, 5.74) is 0.237. The number of carbonyl (C=O) groups is 1. The molecule has 3 nitrogen and oxygen atoms in total. The molecule has 2 atom stereocenters. The number of hydrogen-bond donors (Lipinski definition) is 1. The van der Waals surface area contributed by atoms with Gasteiger partial charge in [-0.1, -0.05) is 27.2 Å². The fourth-order valence-corrected chi connectivity index (χ4v) is 2.62. The number of rotatable bonds is 3. The summed E-state index contributed by atoms with van der Waals surface area (Å²) in [6.07, 6.45) is 2.92. The van der Waals surface area contributed by atoms with Crippen LogP contribution in [0.3, 0.4) is 0 Å². The van der Waals surface area contributed by atoms with Crippen molar-refractivity contribution in [3.05, 3.63) is 0 Å². The van der Waals surface area contributed by atoms with Crippen molar-refractivity contribution in [2.24, 2.45) is 11.3 Å². The molecule has 0 saturated heterocycles. The smallest absolute Gasteiger partial charge is 0.308 e. The van der Waals surface area contributed by atoms with Crippen LogP contribution in [0, 0.1) is 11.3 Å². The van der Waals surface area contributed by atoms with Gasteiger partial charge in [0.2, 0.25) is 0 Å². The van der Waals surface area contributed by atoms with Crippen molar-refractivity contribution in [1.29, 1.82) is 0 Å². The molecule has 3 heteroatoms. The van der Waals surface area contributed by atoms with E-state index in [4.69, 9.17) is 5.11 Å². The Kier molecular flexibility index (Phi) is 3.77. The number of carboxylic acids is 1. The molecule has 88 valence electrons. The summed E-state index contributed by atoms with van der Waals surface area (Å²) < 4.78 is 0.